The second-order valence-corrected chi connectivity index (χ2v) is 9.01. The Morgan fingerprint density at radius 1 is 1.15 bits per heavy atom. The van der Waals surface area contributed by atoms with Gasteiger partial charge in [-0.15, -0.1) is 0 Å². The molecule has 0 unspecified atom stereocenters. The molecule has 3 fully saturated rings. The lowest BCUT2D eigenvalue weighted by Gasteiger charge is -2.49. The van der Waals surface area contributed by atoms with E-state index in [-0.39, 0.29) is 5.54 Å². The molecule has 1 spiro atoms. The summed E-state index contributed by atoms with van der Waals surface area (Å²) in [4.78, 5) is 19.8. The van der Waals surface area contributed by atoms with E-state index >= 15 is 0 Å². The lowest BCUT2D eigenvalue weighted by molar-refractivity contribution is -0.131. The van der Waals surface area contributed by atoms with E-state index in [9.17, 15) is 4.79 Å². The number of aryl methyl sites for hydroxylation is 1. The van der Waals surface area contributed by atoms with E-state index in [1.54, 1.807) is 0 Å². The summed E-state index contributed by atoms with van der Waals surface area (Å²) < 4.78 is 6.02. The fraction of sp³-hybridized carbons (Fsp3) is 0.773. The summed E-state index contributed by atoms with van der Waals surface area (Å²) in [7, 11) is 2.25. The molecule has 3 heterocycles. The Morgan fingerprint density at radius 2 is 1.96 bits per heavy atom. The minimum absolute atomic E-state index is 0.130. The van der Waals surface area contributed by atoms with Crippen molar-refractivity contribution < 1.29 is 9.21 Å². The Kier molecular flexibility index (Phi) is 5.60. The topological polar surface area (TPSA) is 39.9 Å². The Balaban J connectivity index is 1.40. The van der Waals surface area contributed by atoms with Crippen molar-refractivity contribution in [2.45, 2.75) is 64.0 Å². The maximum absolute atomic E-state index is 12.6. The van der Waals surface area contributed by atoms with Crippen LogP contribution in [0.4, 0.5) is 0 Å². The monoisotopic (exact) mass is 373 g/mol. The number of hydrogen-bond acceptors (Lipinski definition) is 4. The van der Waals surface area contributed by atoms with Crippen molar-refractivity contribution in [1.82, 2.24) is 14.7 Å². The van der Waals surface area contributed by atoms with Crippen molar-refractivity contribution in [1.29, 1.82) is 0 Å². The summed E-state index contributed by atoms with van der Waals surface area (Å²) in [5.74, 6) is 3.34. The molecule has 1 atom stereocenters. The zero-order valence-electron chi connectivity index (χ0n) is 17.1. The lowest BCUT2D eigenvalue weighted by atomic mass is 9.86. The number of nitrogens with zero attached hydrogens (tertiary/aromatic N) is 3. The van der Waals surface area contributed by atoms with E-state index in [1.807, 2.05) is 0 Å². The van der Waals surface area contributed by atoms with Crippen molar-refractivity contribution >= 4 is 5.91 Å². The Morgan fingerprint density at radius 3 is 2.74 bits per heavy atom. The van der Waals surface area contributed by atoms with Crippen LogP contribution in [-0.4, -0.2) is 65.9 Å². The molecule has 0 bridgehead atoms. The molecule has 1 aromatic rings. The molecule has 1 aromatic heterocycles. The molecule has 1 amide bonds. The second-order valence-electron chi connectivity index (χ2n) is 9.01. The average molecular weight is 374 g/mol. The van der Waals surface area contributed by atoms with Gasteiger partial charge >= 0.3 is 0 Å². The molecule has 0 aromatic carbocycles. The summed E-state index contributed by atoms with van der Waals surface area (Å²) in [5.41, 5.74) is 0.130. The summed E-state index contributed by atoms with van der Waals surface area (Å²) in [6.45, 7) is 8.17. The van der Waals surface area contributed by atoms with Gasteiger partial charge in [-0.25, -0.2) is 0 Å². The van der Waals surface area contributed by atoms with E-state index in [2.05, 4.69) is 40.8 Å². The van der Waals surface area contributed by atoms with Crippen LogP contribution in [0.1, 0.15) is 57.0 Å². The van der Waals surface area contributed by atoms with Crippen molar-refractivity contribution in [2.24, 2.45) is 5.92 Å². The lowest BCUT2D eigenvalue weighted by Crippen LogP contribution is -2.60. The summed E-state index contributed by atoms with van der Waals surface area (Å²) >= 11 is 0. The summed E-state index contributed by atoms with van der Waals surface area (Å²) in [6, 6.07) is 4.27. The maximum Gasteiger partial charge on any atom is 0.222 e. The molecular formula is C22H35N3O2. The molecule has 150 valence electrons. The predicted molar refractivity (Wildman–Crippen MR) is 106 cm³/mol. The minimum atomic E-state index is 0.130. The van der Waals surface area contributed by atoms with Gasteiger partial charge in [-0.3, -0.25) is 14.6 Å². The minimum Gasteiger partial charge on any atom is -0.465 e. The standard InChI is InChI=1S/C22H35N3O2/c1-3-4-19-7-8-20(27-19)16-24-14-13-23(2)22(17-24)10-9-21(26)25(12-11-22)15-18-5-6-18/h7-8,18H,3-6,9-17H2,1-2H3/t22-/m1/s1. The average Bonchev–Trinajstić information content (AvgIpc) is 3.40. The Hall–Kier alpha value is -1.33. The zero-order chi connectivity index (χ0) is 18.9. The van der Waals surface area contributed by atoms with Gasteiger partial charge in [0.1, 0.15) is 11.5 Å². The van der Waals surface area contributed by atoms with Gasteiger partial charge in [-0.2, -0.15) is 0 Å². The molecule has 3 aliphatic rings. The van der Waals surface area contributed by atoms with Gasteiger partial charge in [0.05, 0.1) is 6.54 Å². The first-order valence-corrected chi connectivity index (χ1v) is 10.9. The molecule has 1 saturated carbocycles. The fourth-order valence-electron chi connectivity index (χ4n) is 4.82. The molecule has 0 radical (unpaired) electrons. The van der Waals surface area contributed by atoms with E-state index in [1.165, 1.54) is 12.8 Å². The van der Waals surface area contributed by atoms with Crippen LogP contribution in [-0.2, 0) is 17.8 Å². The highest BCUT2D eigenvalue weighted by atomic mass is 16.3. The van der Waals surface area contributed by atoms with E-state index < -0.39 is 0 Å². The van der Waals surface area contributed by atoms with Crippen LogP contribution >= 0.6 is 0 Å². The van der Waals surface area contributed by atoms with Crippen molar-refractivity contribution in [2.75, 3.05) is 39.8 Å². The normalized spacial score (nSPS) is 28.1. The smallest absolute Gasteiger partial charge is 0.222 e. The quantitative estimate of drug-likeness (QED) is 0.768. The van der Waals surface area contributed by atoms with Gasteiger partial charge < -0.3 is 9.32 Å². The van der Waals surface area contributed by atoms with Crippen LogP contribution in [0.3, 0.4) is 0 Å². The Bertz CT molecular complexity index is 654. The zero-order valence-corrected chi connectivity index (χ0v) is 17.1. The van der Waals surface area contributed by atoms with E-state index in [0.717, 1.165) is 82.4 Å². The van der Waals surface area contributed by atoms with Crippen LogP contribution in [0, 0.1) is 5.92 Å². The number of furan rings is 1. The van der Waals surface area contributed by atoms with Crippen molar-refractivity contribution in [3.05, 3.63) is 23.7 Å². The molecule has 27 heavy (non-hydrogen) atoms. The molecular weight excluding hydrogens is 338 g/mol. The van der Waals surface area contributed by atoms with Crippen molar-refractivity contribution in [3.63, 3.8) is 0 Å². The second kappa shape index (κ2) is 7.96. The Labute approximate surface area is 163 Å². The number of likely N-dealkylation sites (N-methyl/N-ethyl adjacent to an activating group) is 1. The van der Waals surface area contributed by atoms with Crippen LogP contribution in [0.2, 0.25) is 0 Å². The molecule has 5 nitrogen and oxygen atoms in total. The van der Waals surface area contributed by atoms with Gasteiger partial charge in [0, 0.05) is 51.1 Å². The summed E-state index contributed by atoms with van der Waals surface area (Å²) in [6.07, 6.45) is 7.54. The van der Waals surface area contributed by atoms with Crippen LogP contribution in [0.5, 0.6) is 0 Å². The van der Waals surface area contributed by atoms with Gasteiger partial charge in [0.2, 0.25) is 5.91 Å². The number of likely N-dealkylation sites (tertiary alicyclic amines) is 1. The first kappa shape index (κ1) is 19.0. The third-order valence-electron chi connectivity index (χ3n) is 6.85. The fourth-order valence-corrected chi connectivity index (χ4v) is 4.82. The molecule has 2 saturated heterocycles. The number of amides is 1. The number of rotatable bonds is 6. The van der Waals surface area contributed by atoms with Gasteiger partial charge in [0.15, 0.2) is 0 Å². The molecule has 5 heteroatoms. The largest absolute Gasteiger partial charge is 0.465 e. The van der Waals surface area contributed by atoms with Gasteiger partial charge in [-0.1, -0.05) is 6.92 Å². The third-order valence-corrected chi connectivity index (χ3v) is 6.85. The number of piperazine rings is 1. The number of carbonyl (C=O) groups excluding carboxylic acids is 1. The molecule has 2 aliphatic heterocycles. The highest BCUT2D eigenvalue weighted by Gasteiger charge is 2.42. The number of carbonyl (C=O) groups is 1. The SMILES string of the molecule is CCCc1ccc(CN2CCN(C)[C@@]3(CCC(=O)N(CC4CC4)CC3)C2)o1. The molecule has 4 rings (SSSR count). The molecule has 0 N–H and O–H groups in total. The first-order valence-electron chi connectivity index (χ1n) is 10.9. The van der Waals surface area contributed by atoms with Gasteiger partial charge in [0.25, 0.3) is 0 Å². The number of hydrogen-bond donors (Lipinski definition) is 0. The first-order chi connectivity index (χ1) is 13.1. The maximum atomic E-state index is 12.6. The van der Waals surface area contributed by atoms with Crippen LogP contribution in [0.15, 0.2) is 16.5 Å². The predicted octanol–water partition coefficient (Wildman–Crippen LogP) is 3.14. The van der Waals surface area contributed by atoms with E-state index in [4.69, 9.17) is 4.42 Å². The van der Waals surface area contributed by atoms with Crippen LogP contribution < -0.4 is 0 Å². The summed E-state index contributed by atoms with van der Waals surface area (Å²) in [5, 5.41) is 0. The van der Waals surface area contributed by atoms with Crippen molar-refractivity contribution in [3.8, 4) is 0 Å². The van der Waals surface area contributed by atoms with E-state index in [0.29, 0.717) is 12.3 Å². The third kappa shape index (κ3) is 4.40. The van der Waals surface area contributed by atoms with Gasteiger partial charge in [-0.05, 0) is 57.2 Å². The highest BCUT2D eigenvalue weighted by molar-refractivity contribution is 5.76. The van der Waals surface area contributed by atoms with Crippen LogP contribution in [0.25, 0.3) is 0 Å². The molecule has 1 aliphatic carbocycles. The highest BCUT2D eigenvalue weighted by Crippen LogP contribution is 2.35.